The molecule has 0 aliphatic carbocycles. The Bertz CT molecular complexity index is 1350. The van der Waals surface area contributed by atoms with Crippen molar-refractivity contribution in [3.05, 3.63) is 119 Å². The van der Waals surface area contributed by atoms with Crippen LogP contribution in [0.5, 0.6) is 0 Å². The highest BCUT2D eigenvalue weighted by Gasteiger charge is 2.20. The van der Waals surface area contributed by atoms with E-state index in [1.807, 2.05) is 25.1 Å². The van der Waals surface area contributed by atoms with Crippen molar-refractivity contribution in [3.63, 3.8) is 0 Å². The predicted octanol–water partition coefficient (Wildman–Crippen LogP) is 5.72. The van der Waals surface area contributed by atoms with E-state index in [1.54, 1.807) is 29.2 Å². The van der Waals surface area contributed by atoms with Crippen LogP contribution in [0.2, 0.25) is 0 Å². The maximum absolute atomic E-state index is 13.6. The molecule has 8 heteroatoms. The number of nitrogens with zero attached hydrogens (tertiary/aromatic N) is 2. The van der Waals surface area contributed by atoms with Crippen molar-refractivity contribution in [1.82, 2.24) is 4.90 Å². The van der Waals surface area contributed by atoms with Crippen molar-refractivity contribution < 1.29 is 22.8 Å². The van der Waals surface area contributed by atoms with Crippen molar-refractivity contribution in [2.45, 2.75) is 13.1 Å². The molecule has 0 unspecified atom stereocenters. The summed E-state index contributed by atoms with van der Waals surface area (Å²) in [6.07, 6.45) is 1.53. The molecule has 1 heterocycles. The second-order valence-corrected chi connectivity index (χ2v) is 8.45. The zero-order chi connectivity index (χ0) is 25.7. The predicted molar refractivity (Wildman–Crippen MR) is 134 cm³/mol. The Kier molecular flexibility index (Phi) is 7.44. The monoisotopic (exact) mass is 489 g/mol. The molecule has 1 aromatic heterocycles. The summed E-state index contributed by atoms with van der Waals surface area (Å²) in [7, 11) is 3.75. The topological polar surface area (TPSA) is 65.8 Å². The average Bonchev–Trinajstić information content (AvgIpc) is 3.37. The summed E-state index contributed by atoms with van der Waals surface area (Å²) in [5.41, 5.74) is 2.63. The second-order valence-electron chi connectivity index (χ2n) is 8.45. The summed E-state index contributed by atoms with van der Waals surface area (Å²) >= 11 is 0. The first-order valence-electron chi connectivity index (χ1n) is 11.2. The standard InChI is InChI=1S/C28H25F2N3O3/c1-32(2)26-13-12-24(31-27(34)20-5-3-6-23(30)15-20)16-21(26)17-33(18-25-7-4-14-36-25)28(35)19-8-10-22(29)11-9-19/h3-16H,17-18H2,1-2H3,(H,31,34). The van der Waals surface area contributed by atoms with Crippen LogP contribution in [0.4, 0.5) is 20.2 Å². The lowest BCUT2D eigenvalue weighted by Gasteiger charge is -2.26. The molecular formula is C28H25F2N3O3. The summed E-state index contributed by atoms with van der Waals surface area (Å²) in [5.74, 6) is -1.09. The third-order valence-electron chi connectivity index (χ3n) is 5.57. The first-order valence-corrected chi connectivity index (χ1v) is 11.2. The minimum absolute atomic E-state index is 0.189. The van der Waals surface area contributed by atoms with Crippen LogP contribution in [0.1, 0.15) is 32.0 Å². The minimum Gasteiger partial charge on any atom is -0.467 e. The molecule has 3 aromatic carbocycles. The van der Waals surface area contributed by atoms with Crippen LogP contribution in [-0.4, -0.2) is 30.8 Å². The maximum atomic E-state index is 13.6. The molecule has 0 spiro atoms. The zero-order valence-corrected chi connectivity index (χ0v) is 19.9. The summed E-state index contributed by atoms with van der Waals surface area (Å²) in [6, 6.07) is 19.7. The van der Waals surface area contributed by atoms with E-state index < -0.39 is 17.5 Å². The first-order chi connectivity index (χ1) is 17.3. The van der Waals surface area contributed by atoms with Gasteiger partial charge in [-0.2, -0.15) is 0 Å². The molecule has 6 nitrogen and oxygen atoms in total. The number of amides is 2. The summed E-state index contributed by atoms with van der Waals surface area (Å²) in [6.45, 7) is 0.379. The van der Waals surface area contributed by atoms with Crippen LogP contribution in [0.3, 0.4) is 0 Å². The van der Waals surface area contributed by atoms with Crippen molar-refractivity contribution in [3.8, 4) is 0 Å². The van der Waals surface area contributed by atoms with E-state index in [0.29, 0.717) is 17.0 Å². The van der Waals surface area contributed by atoms with E-state index >= 15 is 0 Å². The molecule has 1 N–H and O–H groups in total. The van der Waals surface area contributed by atoms with Crippen LogP contribution in [0, 0.1) is 11.6 Å². The van der Waals surface area contributed by atoms with Gasteiger partial charge in [-0.3, -0.25) is 9.59 Å². The van der Waals surface area contributed by atoms with Gasteiger partial charge in [0.1, 0.15) is 17.4 Å². The molecule has 0 saturated heterocycles. The second kappa shape index (κ2) is 10.9. The molecule has 4 rings (SSSR count). The lowest BCUT2D eigenvalue weighted by molar-refractivity contribution is 0.0717. The third kappa shape index (κ3) is 5.96. The Morgan fingerprint density at radius 1 is 0.833 bits per heavy atom. The van der Waals surface area contributed by atoms with Gasteiger partial charge >= 0.3 is 0 Å². The summed E-state index contributed by atoms with van der Waals surface area (Å²) in [5, 5.41) is 2.79. The van der Waals surface area contributed by atoms with E-state index in [1.165, 1.54) is 48.7 Å². The van der Waals surface area contributed by atoms with Gasteiger partial charge in [0, 0.05) is 43.1 Å². The molecule has 0 aliphatic rings. The number of halogens is 2. The highest BCUT2D eigenvalue weighted by molar-refractivity contribution is 6.04. The third-order valence-corrected chi connectivity index (χ3v) is 5.57. The molecule has 0 radical (unpaired) electrons. The smallest absolute Gasteiger partial charge is 0.255 e. The van der Waals surface area contributed by atoms with Gasteiger partial charge in [0.2, 0.25) is 0 Å². The van der Waals surface area contributed by atoms with Gasteiger partial charge in [-0.25, -0.2) is 8.78 Å². The number of carbonyl (C=O) groups excluding carboxylic acids is 2. The fraction of sp³-hybridized carbons (Fsp3) is 0.143. The quantitative estimate of drug-likeness (QED) is 0.344. The van der Waals surface area contributed by atoms with Gasteiger partial charge in [-0.05, 0) is 78.4 Å². The fourth-order valence-corrected chi connectivity index (χ4v) is 3.83. The van der Waals surface area contributed by atoms with Crippen molar-refractivity contribution in [1.29, 1.82) is 0 Å². The highest BCUT2D eigenvalue weighted by Crippen LogP contribution is 2.26. The number of hydrogen-bond donors (Lipinski definition) is 1. The Labute approximate surface area is 207 Å². The Morgan fingerprint density at radius 2 is 1.61 bits per heavy atom. The summed E-state index contributed by atoms with van der Waals surface area (Å²) in [4.78, 5) is 29.5. The number of anilines is 2. The molecule has 0 fully saturated rings. The van der Waals surface area contributed by atoms with E-state index in [0.717, 1.165) is 17.3 Å². The lowest BCUT2D eigenvalue weighted by Crippen LogP contribution is -2.30. The molecule has 0 atom stereocenters. The first kappa shape index (κ1) is 24.7. The molecule has 36 heavy (non-hydrogen) atoms. The Balaban J connectivity index is 1.64. The van der Waals surface area contributed by atoms with Gasteiger partial charge in [0.25, 0.3) is 11.8 Å². The highest BCUT2D eigenvalue weighted by atomic mass is 19.1. The van der Waals surface area contributed by atoms with Crippen LogP contribution in [-0.2, 0) is 13.1 Å². The van der Waals surface area contributed by atoms with Crippen molar-refractivity contribution in [2.75, 3.05) is 24.3 Å². The van der Waals surface area contributed by atoms with E-state index in [2.05, 4.69) is 5.32 Å². The van der Waals surface area contributed by atoms with Gasteiger partial charge in [0.15, 0.2) is 0 Å². The zero-order valence-electron chi connectivity index (χ0n) is 19.9. The number of carbonyl (C=O) groups is 2. The van der Waals surface area contributed by atoms with Gasteiger partial charge in [0.05, 0.1) is 12.8 Å². The van der Waals surface area contributed by atoms with Crippen LogP contribution < -0.4 is 10.2 Å². The van der Waals surface area contributed by atoms with Crippen molar-refractivity contribution in [2.24, 2.45) is 0 Å². The molecule has 0 saturated carbocycles. The molecule has 184 valence electrons. The van der Waals surface area contributed by atoms with Crippen LogP contribution in [0.15, 0.2) is 89.5 Å². The average molecular weight is 490 g/mol. The number of furan rings is 1. The molecule has 0 bridgehead atoms. The van der Waals surface area contributed by atoms with Crippen molar-refractivity contribution >= 4 is 23.2 Å². The normalized spacial score (nSPS) is 10.7. The van der Waals surface area contributed by atoms with Gasteiger partial charge in [-0.1, -0.05) is 6.07 Å². The SMILES string of the molecule is CN(C)c1ccc(NC(=O)c2cccc(F)c2)cc1CN(Cc1ccco1)C(=O)c1ccc(F)cc1. The van der Waals surface area contributed by atoms with E-state index in [9.17, 15) is 18.4 Å². The maximum Gasteiger partial charge on any atom is 0.255 e. The number of benzene rings is 3. The van der Waals surface area contributed by atoms with Crippen LogP contribution in [0.25, 0.3) is 0 Å². The summed E-state index contributed by atoms with van der Waals surface area (Å²) < 4.78 is 32.5. The lowest BCUT2D eigenvalue weighted by atomic mass is 10.1. The van der Waals surface area contributed by atoms with E-state index in [4.69, 9.17) is 4.42 Å². The molecule has 2 amide bonds. The van der Waals surface area contributed by atoms with Crippen LogP contribution >= 0.6 is 0 Å². The Morgan fingerprint density at radius 3 is 2.28 bits per heavy atom. The van der Waals surface area contributed by atoms with Gasteiger partial charge in [-0.15, -0.1) is 0 Å². The number of rotatable bonds is 8. The minimum atomic E-state index is -0.501. The molecule has 4 aromatic rings. The molecular weight excluding hydrogens is 464 g/mol. The molecule has 0 aliphatic heterocycles. The fourth-order valence-electron chi connectivity index (χ4n) is 3.83. The largest absolute Gasteiger partial charge is 0.467 e. The van der Waals surface area contributed by atoms with Gasteiger partial charge < -0.3 is 19.5 Å². The number of hydrogen-bond acceptors (Lipinski definition) is 4. The Hall–Kier alpha value is -4.46. The number of nitrogens with one attached hydrogen (secondary N) is 1. The van der Waals surface area contributed by atoms with E-state index in [-0.39, 0.29) is 24.6 Å².